The molecule has 0 spiro atoms. The summed E-state index contributed by atoms with van der Waals surface area (Å²) in [5.74, 6) is 7.22. The van der Waals surface area contributed by atoms with Gasteiger partial charge < -0.3 is 9.15 Å². The van der Waals surface area contributed by atoms with Crippen molar-refractivity contribution in [2.75, 3.05) is 7.11 Å². The average molecular weight is 311 g/mol. The molecule has 0 aliphatic heterocycles. The Hall–Kier alpha value is -1.30. The quantitative estimate of drug-likeness (QED) is 0.658. The van der Waals surface area contributed by atoms with Crippen molar-refractivity contribution in [3.8, 4) is 5.75 Å². The zero-order chi connectivity index (χ0) is 13.0. The minimum Gasteiger partial charge on any atom is -0.496 e. The van der Waals surface area contributed by atoms with Crippen molar-refractivity contribution in [3.05, 3.63) is 52.4 Å². The standard InChI is InChI=1S/C13H15BrN2O2/c1-17-11-5-3-2-4-9(11)8-10(16-15)12-6-7-13(14)18-12/h2-7,10,16H,8,15H2,1H3. The highest BCUT2D eigenvalue weighted by Gasteiger charge is 2.16. The number of ether oxygens (including phenoxy) is 1. The van der Waals surface area contributed by atoms with Crippen molar-refractivity contribution >= 4 is 15.9 Å². The number of rotatable bonds is 5. The van der Waals surface area contributed by atoms with Crippen molar-refractivity contribution in [1.29, 1.82) is 0 Å². The van der Waals surface area contributed by atoms with Gasteiger partial charge in [0.05, 0.1) is 13.2 Å². The Morgan fingerprint density at radius 1 is 1.33 bits per heavy atom. The third-order valence-corrected chi connectivity index (χ3v) is 3.18. The highest BCUT2D eigenvalue weighted by atomic mass is 79.9. The van der Waals surface area contributed by atoms with Crippen LogP contribution in [0.1, 0.15) is 17.4 Å². The highest BCUT2D eigenvalue weighted by molar-refractivity contribution is 9.10. The summed E-state index contributed by atoms with van der Waals surface area (Å²) in [4.78, 5) is 0. The molecule has 3 N–H and O–H groups in total. The fourth-order valence-corrected chi connectivity index (χ4v) is 2.17. The molecule has 0 radical (unpaired) electrons. The molecule has 2 aromatic rings. The molecule has 2 rings (SSSR count). The number of furan rings is 1. The van der Waals surface area contributed by atoms with Gasteiger partial charge in [-0.15, -0.1) is 0 Å². The van der Waals surface area contributed by atoms with E-state index in [9.17, 15) is 0 Å². The van der Waals surface area contributed by atoms with Crippen LogP contribution < -0.4 is 16.0 Å². The average Bonchev–Trinajstić information content (AvgIpc) is 2.83. The van der Waals surface area contributed by atoms with E-state index in [2.05, 4.69) is 21.4 Å². The fourth-order valence-electron chi connectivity index (χ4n) is 1.85. The lowest BCUT2D eigenvalue weighted by molar-refractivity contribution is 0.387. The van der Waals surface area contributed by atoms with Crippen LogP contribution in [0.2, 0.25) is 0 Å². The second-order valence-electron chi connectivity index (χ2n) is 3.88. The molecule has 0 aliphatic rings. The molecular weight excluding hydrogens is 296 g/mol. The number of hydrazine groups is 1. The van der Waals surface area contributed by atoms with Crippen LogP contribution in [0.4, 0.5) is 0 Å². The van der Waals surface area contributed by atoms with Crippen molar-refractivity contribution < 1.29 is 9.15 Å². The van der Waals surface area contributed by atoms with Gasteiger partial charge in [0.2, 0.25) is 0 Å². The zero-order valence-electron chi connectivity index (χ0n) is 10.0. The summed E-state index contributed by atoms with van der Waals surface area (Å²) in [6.07, 6.45) is 0.695. The number of para-hydroxylation sites is 1. The smallest absolute Gasteiger partial charge is 0.169 e. The molecule has 0 amide bonds. The van der Waals surface area contributed by atoms with Gasteiger partial charge >= 0.3 is 0 Å². The van der Waals surface area contributed by atoms with Gasteiger partial charge in [-0.25, -0.2) is 5.43 Å². The molecule has 0 fully saturated rings. The number of nitrogens with one attached hydrogen (secondary N) is 1. The fraction of sp³-hybridized carbons (Fsp3) is 0.231. The Labute approximate surface area is 114 Å². The topological polar surface area (TPSA) is 60.4 Å². The van der Waals surface area contributed by atoms with Crippen molar-refractivity contribution in [3.63, 3.8) is 0 Å². The minimum atomic E-state index is -0.0902. The summed E-state index contributed by atoms with van der Waals surface area (Å²) in [5.41, 5.74) is 3.84. The monoisotopic (exact) mass is 310 g/mol. The summed E-state index contributed by atoms with van der Waals surface area (Å²) in [6, 6.07) is 11.5. The van der Waals surface area contributed by atoms with Gasteiger partial charge in [-0.2, -0.15) is 0 Å². The highest BCUT2D eigenvalue weighted by Crippen LogP contribution is 2.26. The lowest BCUT2D eigenvalue weighted by atomic mass is 10.0. The molecule has 1 aromatic carbocycles. The van der Waals surface area contributed by atoms with Crippen LogP contribution >= 0.6 is 15.9 Å². The van der Waals surface area contributed by atoms with Crippen molar-refractivity contribution in [2.45, 2.75) is 12.5 Å². The van der Waals surface area contributed by atoms with E-state index < -0.39 is 0 Å². The molecule has 5 heteroatoms. The molecule has 0 saturated carbocycles. The van der Waals surface area contributed by atoms with E-state index in [0.29, 0.717) is 11.1 Å². The number of benzene rings is 1. The second-order valence-corrected chi connectivity index (χ2v) is 4.66. The summed E-state index contributed by atoms with van der Waals surface area (Å²) in [6.45, 7) is 0. The Kier molecular flexibility index (Phi) is 4.41. The minimum absolute atomic E-state index is 0.0902. The molecule has 18 heavy (non-hydrogen) atoms. The first-order valence-electron chi connectivity index (χ1n) is 5.58. The van der Waals surface area contributed by atoms with E-state index in [4.69, 9.17) is 15.0 Å². The number of hydrogen-bond donors (Lipinski definition) is 2. The molecule has 0 bridgehead atoms. The first-order valence-corrected chi connectivity index (χ1v) is 6.37. The molecule has 1 heterocycles. The van der Waals surface area contributed by atoms with Gasteiger partial charge in [0.25, 0.3) is 0 Å². The second kappa shape index (κ2) is 6.04. The van der Waals surface area contributed by atoms with Gasteiger partial charge in [0.1, 0.15) is 11.5 Å². The maximum atomic E-state index is 5.59. The molecular formula is C13H15BrN2O2. The van der Waals surface area contributed by atoms with Gasteiger partial charge in [-0.1, -0.05) is 18.2 Å². The largest absolute Gasteiger partial charge is 0.496 e. The summed E-state index contributed by atoms with van der Waals surface area (Å²) >= 11 is 3.28. The first kappa shape index (κ1) is 13.1. The van der Waals surface area contributed by atoms with Gasteiger partial charge in [-0.3, -0.25) is 5.84 Å². The number of hydrogen-bond acceptors (Lipinski definition) is 4. The van der Waals surface area contributed by atoms with Crippen LogP contribution in [0.5, 0.6) is 5.75 Å². The van der Waals surface area contributed by atoms with Crippen LogP contribution in [0.15, 0.2) is 45.5 Å². The molecule has 1 unspecified atom stereocenters. The maximum Gasteiger partial charge on any atom is 0.169 e. The van der Waals surface area contributed by atoms with Crippen LogP contribution in [0, 0.1) is 0 Å². The van der Waals surface area contributed by atoms with Crippen molar-refractivity contribution in [2.24, 2.45) is 5.84 Å². The Morgan fingerprint density at radius 3 is 2.72 bits per heavy atom. The third kappa shape index (κ3) is 2.93. The van der Waals surface area contributed by atoms with E-state index in [-0.39, 0.29) is 6.04 Å². The van der Waals surface area contributed by atoms with E-state index in [1.165, 1.54) is 0 Å². The third-order valence-electron chi connectivity index (χ3n) is 2.76. The lowest BCUT2D eigenvalue weighted by Gasteiger charge is -2.15. The molecule has 96 valence electrons. The van der Waals surface area contributed by atoms with Gasteiger partial charge in [0.15, 0.2) is 4.67 Å². The van der Waals surface area contributed by atoms with Crippen LogP contribution in [0.25, 0.3) is 0 Å². The van der Waals surface area contributed by atoms with Crippen LogP contribution in [0.3, 0.4) is 0 Å². The maximum absolute atomic E-state index is 5.59. The van der Waals surface area contributed by atoms with E-state index >= 15 is 0 Å². The molecule has 0 aliphatic carbocycles. The Morgan fingerprint density at radius 2 is 2.11 bits per heavy atom. The normalized spacial score (nSPS) is 12.4. The lowest BCUT2D eigenvalue weighted by Crippen LogP contribution is -2.29. The molecule has 1 aromatic heterocycles. The summed E-state index contributed by atoms with van der Waals surface area (Å²) in [7, 11) is 1.66. The van der Waals surface area contributed by atoms with E-state index in [1.807, 2.05) is 36.4 Å². The Bertz CT molecular complexity index is 513. The van der Waals surface area contributed by atoms with Gasteiger partial charge in [-0.05, 0) is 46.1 Å². The predicted molar refractivity (Wildman–Crippen MR) is 73.2 cm³/mol. The van der Waals surface area contributed by atoms with Gasteiger partial charge in [0, 0.05) is 0 Å². The Balaban J connectivity index is 2.20. The van der Waals surface area contributed by atoms with Crippen LogP contribution in [-0.4, -0.2) is 7.11 Å². The first-order chi connectivity index (χ1) is 8.74. The predicted octanol–water partition coefficient (Wildman–Crippen LogP) is 2.80. The molecule has 0 saturated heterocycles. The SMILES string of the molecule is COc1ccccc1CC(NN)c1ccc(Br)o1. The molecule has 1 atom stereocenters. The molecule has 4 nitrogen and oxygen atoms in total. The van der Waals surface area contributed by atoms with E-state index in [0.717, 1.165) is 17.1 Å². The summed E-state index contributed by atoms with van der Waals surface area (Å²) < 4.78 is 11.5. The van der Waals surface area contributed by atoms with Crippen molar-refractivity contribution in [1.82, 2.24) is 5.43 Å². The zero-order valence-corrected chi connectivity index (χ0v) is 11.6. The number of methoxy groups -OCH3 is 1. The van der Waals surface area contributed by atoms with E-state index in [1.54, 1.807) is 7.11 Å². The van der Waals surface area contributed by atoms with Crippen LogP contribution in [-0.2, 0) is 6.42 Å². The summed E-state index contributed by atoms with van der Waals surface area (Å²) in [5, 5.41) is 0. The number of halogens is 1. The number of nitrogens with two attached hydrogens (primary N) is 1.